The number of alkyl halides is 6. The quantitative estimate of drug-likeness (QED) is 0.260. The number of nitrogens with zero attached hydrogens (tertiary/aromatic N) is 1. The van der Waals surface area contributed by atoms with E-state index in [1.54, 1.807) is 6.07 Å². The Morgan fingerprint density at radius 3 is 2.15 bits per heavy atom. The van der Waals surface area contributed by atoms with Crippen LogP contribution in [0.3, 0.4) is 0 Å². The lowest BCUT2D eigenvalue weighted by molar-refractivity contribution is -0.143. The second-order valence-corrected chi connectivity index (χ2v) is 10.2. The van der Waals surface area contributed by atoms with Crippen LogP contribution in [0.25, 0.3) is 0 Å². The highest BCUT2D eigenvalue weighted by Crippen LogP contribution is 2.37. The summed E-state index contributed by atoms with van der Waals surface area (Å²) in [5, 5.41) is 9.25. The molecule has 1 aliphatic rings. The van der Waals surface area contributed by atoms with Crippen molar-refractivity contribution in [3.63, 3.8) is 0 Å². The molecule has 41 heavy (non-hydrogen) atoms. The summed E-state index contributed by atoms with van der Waals surface area (Å²) in [6.07, 6.45) is -7.86. The maximum absolute atomic E-state index is 13.7. The van der Waals surface area contributed by atoms with E-state index in [1.807, 2.05) is 5.32 Å². The Morgan fingerprint density at radius 2 is 1.54 bits per heavy atom. The van der Waals surface area contributed by atoms with Gasteiger partial charge in [0.25, 0.3) is 5.91 Å². The fraction of sp³-hybridized carbons (Fsp3) is 0.346. The van der Waals surface area contributed by atoms with E-state index >= 15 is 0 Å². The van der Waals surface area contributed by atoms with Gasteiger partial charge in [-0.1, -0.05) is 25.0 Å². The molecule has 1 heterocycles. The summed E-state index contributed by atoms with van der Waals surface area (Å²) in [5.74, 6) is -1.07. The fourth-order valence-electron chi connectivity index (χ4n) is 4.26. The maximum Gasteiger partial charge on any atom is 0.416 e. The smallest absolute Gasteiger partial charge is 0.416 e. The topological polar surface area (TPSA) is 92.4 Å². The summed E-state index contributed by atoms with van der Waals surface area (Å²) < 4.78 is 97.9. The number of para-hydroxylation sites is 1. The molecular formula is C26H23F7N4O3S. The lowest BCUT2D eigenvalue weighted by Crippen LogP contribution is -2.54. The predicted octanol–water partition coefficient (Wildman–Crippen LogP) is 6.76. The number of carbonyl (C=O) groups is 2. The first-order valence-corrected chi connectivity index (χ1v) is 13.2. The molecule has 0 spiro atoms. The third-order valence-corrected chi connectivity index (χ3v) is 7.04. The lowest BCUT2D eigenvalue weighted by Gasteiger charge is -2.32. The fourth-order valence-corrected chi connectivity index (χ4v) is 4.95. The van der Waals surface area contributed by atoms with E-state index in [4.69, 9.17) is 4.74 Å². The molecule has 0 saturated heterocycles. The molecule has 1 aliphatic carbocycles. The molecule has 2 aromatic carbocycles. The van der Waals surface area contributed by atoms with Gasteiger partial charge in [0.05, 0.1) is 17.2 Å². The van der Waals surface area contributed by atoms with E-state index in [-0.39, 0.29) is 24.1 Å². The average molecular weight is 605 g/mol. The molecule has 15 heteroatoms. The number of benzene rings is 2. The molecule has 0 unspecified atom stereocenters. The highest BCUT2D eigenvalue weighted by Gasteiger charge is 2.37. The lowest BCUT2D eigenvalue weighted by atomic mass is 9.90. The van der Waals surface area contributed by atoms with Crippen molar-refractivity contribution in [3.8, 4) is 5.75 Å². The molecule has 220 valence electrons. The summed E-state index contributed by atoms with van der Waals surface area (Å²) in [5.41, 5.74) is -3.74. The summed E-state index contributed by atoms with van der Waals surface area (Å²) in [4.78, 5) is 29.6. The number of carbonyl (C=O) groups excluding carboxylic acids is 2. The predicted molar refractivity (Wildman–Crippen MR) is 135 cm³/mol. The van der Waals surface area contributed by atoms with Crippen molar-refractivity contribution < 1.29 is 45.1 Å². The van der Waals surface area contributed by atoms with Gasteiger partial charge in [0.1, 0.15) is 17.3 Å². The molecule has 0 aliphatic heterocycles. The Bertz CT molecular complexity index is 1360. The molecule has 7 nitrogen and oxygen atoms in total. The van der Waals surface area contributed by atoms with Crippen molar-refractivity contribution in [3.05, 3.63) is 75.5 Å². The number of nitrogens with one attached hydrogen (secondary N) is 3. The molecule has 3 aromatic rings. The van der Waals surface area contributed by atoms with Gasteiger partial charge in [-0.2, -0.15) is 26.3 Å². The number of hydrogen-bond donors (Lipinski definition) is 3. The van der Waals surface area contributed by atoms with Crippen LogP contribution in [0, 0.1) is 5.82 Å². The highest BCUT2D eigenvalue weighted by atomic mass is 32.1. The minimum absolute atomic E-state index is 0.0304. The van der Waals surface area contributed by atoms with Gasteiger partial charge in [-0.3, -0.25) is 4.79 Å². The van der Waals surface area contributed by atoms with Crippen LogP contribution in [0.2, 0.25) is 0 Å². The van der Waals surface area contributed by atoms with Crippen molar-refractivity contribution in [1.29, 1.82) is 0 Å². The Morgan fingerprint density at radius 1 is 0.927 bits per heavy atom. The molecule has 3 amide bonds. The number of halogens is 7. The zero-order chi connectivity index (χ0) is 29.8. The van der Waals surface area contributed by atoms with Crippen molar-refractivity contribution >= 4 is 29.0 Å². The van der Waals surface area contributed by atoms with E-state index in [9.17, 15) is 40.3 Å². The second kappa shape index (κ2) is 12.3. The first kappa shape index (κ1) is 30.1. The SMILES string of the molecule is O=C(Nc1cc(C(F)(F)F)cc(C(F)(F)F)c1)N[C@@H]1CCCC[C@@H]1NC(=O)c1csc(COc2ccccc2F)n1. The van der Waals surface area contributed by atoms with Gasteiger partial charge in [-0.15, -0.1) is 11.3 Å². The van der Waals surface area contributed by atoms with E-state index in [2.05, 4.69) is 15.6 Å². The van der Waals surface area contributed by atoms with Crippen molar-refractivity contribution in [2.75, 3.05) is 5.32 Å². The van der Waals surface area contributed by atoms with E-state index in [0.717, 1.165) is 11.3 Å². The summed E-state index contributed by atoms with van der Waals surface area (Å²) in [6, 6.07) is 4.34. The monoisotopic (exact) mass is 604 g/mol. The molecule has 3 N–H and O–H groups in total. The maximum atomic E-state index is 13.7. The minimum atomic E-state index is -5.06. The number of hydrogen-bond acceptors (Lipinski definition) is 5. The van der Waals surface area contributed by atoms with Gasteiger partial charge >= 0.3 is 18.4 Å². The van der Waals surface area contributed by atoms with Gasteiger partial charge < -0.3 is 20.7 Å². The summed E-state index contributed by atoms with van der Waals surface area (Å²) in [6.45, 7) is -0.0712. The molecule has 1 aromatic heterocycles. The third kappa shape index (κ3) is 8.08. The Labute approximate surface area is 233 Å². The molecule has 1 fully saturated rings. The molecular weight excluding hydrogens is 581 g/mol. The third-order valence-electron chi connectivity index (χ3n) is 6.22. The van der Waals surface area contributed by atoms with Crippen molar-refractivity contribution in [2.45, 2.75) is 56.7 Å². The average Bonchev–Trinajstić information content (AvgIpc) is 3.37. The molecule has 2 atom stereocenters. The van der Waals surface area contributed by atoms with Crippen molar-refractivity contribution in [2.24, 2.45) is 0 Å². The normalized spacial score (nSPS) is 17.5. The Kier molecular flexibility index (Phi) is 9.05. The van der Waals surface area contributed by atoms with Crippen LogP contribution < -0.4 is 20.7 Å². The number of rotatable bonds is 7. The minimum Gasteiger partial charge on any atom is -0.483 e. The first-order valence-electron chi connectivity index (χ1n) is 12.3. The first-order chi connectivity index (χ1) is 19.3. The number of anilines is 1. The van der Waals surface area contributed by atoms with Gasteiger partial charge in [0, 0.05) is 17.1 Å². The van der Waals surface area contributed by atoms with Crippen LogP contribution in [0.15, 0.2) is 47.8 Å². The molecule has 0 bridgehead atoms. The highest BCUT2D eigenvalue weighted by molar-refractivity contribution is 7.09. The molecule has 1 saturated carbocycles. The van der Waals surface area contributed by atoms with Gasteiger partial charge in [0.15, 0.2) is 11.6 Å². The number of amides is 3. The summed E-state index contributed by atoms with van der Waals surface area (Å²) >= 11 is 1.12. The zero-order valence-electron chi connectivity index (χ0n) is 21.0. The molecule has 4 rings (SSSR count). The van der Waals surface area contributed by atoms with Gasteiger partial charge in [0.2, 0.25) is 0 Å². The number of ether oxygens (including phenoxy) is 1. The standard InChI is InChI=1S/C26H23F7N4O3S/c27-17-5-1-4-8-21(17)40-12-22-35-20(13-41-22)23(38)36-18-6-2-3-7-19(18)37-24(39)34-16-10-14(25(28,29)30)9-15(11-16)26(31,32)33/h1,4-5,8-11,13,18-19H,2-3,6-7,12H2,(H,36,38)(H2,34,37,39)/t18-,19+/m0/s1. The van der Waals surface area contributed by atoms with Crippen LogP contribution in [-0.4, -0.2) is 29.0 Å². The van der Waals surface area contributed by atoms with Gasteiger partial charge in [-0.25, -0.2) is 14.2 Å². The second-order valence-electron chi connectivity index (χ2n) is 9.21. The number of aromatic nitrogens is 1. The summed E-state index contributed by atoms with van der Waals surface area (Å²) in [7, 11) is 0. The number of thiazole rings is 1. The Hall–Kier alpha value is -3.88. The largest absolute Gasteiger partial charge is 0.483 e. The number of urea groups is 1. The van der Waals surface area contributed by atoms with Crippen LogP contribution >= 0.6 is 11.3 Å². The van der Waals surface area contributed by atoms with E-state index in [1.165, 1.54) is 23.6 Å². The van der Waals surface area contributed by atoms with Crippen LogP contribution in [0.5, 0.6) is 5.75 Å². The van der Waals surface area contributed by atoms with Crippen LogP contribution in [0.4, 0.5) is 41.2 Å². The zero-order valence-corrected chi connectivity index (χ0v) is 21.9. The van der Waals surface area contributed by atoms with E-state index in [0.29, 0.717) is 42.8 Å². The van der Waals surface area contributed by atoms with Crippen LogP contribution in [0.1, 0.15) is 52.3 Å². The molecule has 0 radical (unpaired) electrons. The Balaban J connectivity index is 1.38. The van der Waals surface area contributed by atoms with Crippen molar-refractivity contribution in [1.82, 2.24) is 15.6 Å². The van der Waals surface area contributed by atoms with Crippen LogP contribution in [-0.2, 0) is 19.0 Å². The van der Waals surface area contributed by atoms with E-state index < -0.39 is 59.0 Å². The van der Waals surface area contributed by atoms with Gasteiger partial charge in [-0.05, 0) is 43.2 Å².